The molecule has 0 bridgehead atoms. The summed E-state index contributed by atoms with van der Waals surface area (Å²) in [6.45, 7) is 2.09. The predicted molar refractivity (Wildman–Crippen MR) is 97.0 cm³/mol. The van der Waals surface area contributed by atoms with Gasteiger partial charge in [0.25, 0.3) is 0 Å². The number of nitrogens with one attached hydrogen (secondary N) is 1. The summed E-state index contributed by atoms with van der Waals surface area (Å²) in [5.74, 6) is 2.19. The molecule has 0 aliphatic heterocycles. The molecule has 0 saturated carbocycles. The molecule has 5 nitrogen and oxygen atoms in total. The Kier molecular flexibility index (Phi) is 5.82. The number of methoxy groups -OCH3 is 2. The van der Waals surface area contributed by atoms with Crippen LogP contribution in [0.1, 0.15) is 12.6 Å². The first-order valence-corrected chi connectivity index (χ1v) is 7.48. The van der Waals surface area contributed by atoms with Gasteiger partial charge in [-0.2, -0.15) is 0 Å². The molecule has 1 N–H and O–H groups in total. The Bertz CT molecular complexity index is 803. The lowest BCUT2D eigenvalue weighted by molar-refractivity contribution is 0.355. The highest BCUT2D eigenvalue weighted by Crippen LogP contribution is 2.33. The van der Waals surface area contributed by atoms with Gasteiger partial charge in [0.2, 0.25) is 0 Å². The molecule has 0 saturated heterocycles. The minimum atomic E-state index is 0. The summed E-state index contributed by atoms with van der Waals surface area (Å²) in [7, 11) is 3.25. The Balaban J connectivity index is 0.00000208. The fourth-order valence-corrected chi connectivity index (χ4v) is 2.53. The van der Waals surface area contributed by atoms with Crippen molar-refractivity contribution < 1.29 is 9.47 Å². The maximum Gasteiger partial charge on any atom is 0.161 e. The first-order valence-electron chi connectivity index (χ1n) is 7.48. The van der Waals surface area contributed by atoms with Crippen LogP contribution in [0.3, 0.4) is 0 Å². The fraction of sp³-hybridized carbons (Fsp3) is 0.222. The molecule has 0 atom stereocenters. The number of ether oxygens (including phenoxy) is 2. The van der Waals surface area contributed by atoms with Crippen molar-refractivity contribution in [3.63, 3.8) is 0 Å². The highest BCUT2D eigenvalue weighted by atomic mass is 35.5. The van der Waals surface area contributed by atoms with Gasteiger partial charge in [-0.05, 0) is 36.8 Å². The maximum absolute atomic E-state index is 5.37. The molecule has 3 rings (SSSR count). The number of hydrogen-bond acceptors (Lipinski definition) is 4. The Morgan fingerprint density at radius 2 is 1.83 bits per heavy atom. The third-order valence-corrected chi connectivity index (χ3v) is 3.72. The van der Waals surface area contributed by atoms with E-state index in [2.05, 4.69) is 16.9 Å². The summed E-state index contributed by atoms with van der Waals surface area (Å²) in [6, 6.07) is 9.71. The molecular weight excluding hydrogens is 326 g/mol. The standard InChI is InChI=1S/C18H19N3O2.ClH/c1-4-14-17(13-6-5-9-19-11-13)21-18(20-14)12-7-8-15(22-2)16(10-12)23-3;/h5-11H,4H2,1-3H3,(H,20,21);1H. The van der Waals surface area contributed by atoms with Crippen molar-refractivity contribution in [3.05, 3.63) is 48.4 Å². The number of rotatable bonds is 5. The molecule has 1 aromatic carbocycles. The van der Waals surface area contributed by atoms with Gasteiger partial charge in [-0.3, -0.25) is 4.98 Å². The van der Waals surface area contributed by atoms with Gasteiger partial charge in [0.15, 0.2) is 11.5 Å². The zero-order valence-electron chi connectivity index (χ0n) is 13.9. The van der Waals surface area contributed by atoms with Crippen molar-refractivity contribution >= 4 is 12.4 Å². The number of imidazole rings is 1. The molecule has 0 amide bonds. The number of aromatic amines is 1. The van der Waals surface area contributed by atoms with Gasteiger partial charge in [0.1, 0.15) is 5.82 Å². The van der Waals surface area contributed by atoms with E-state index in [1.807, 2.05) is 36.5 Å². The van der Waals surface area contributed by atoms with Gasteiger partial charge in [0, 0.05) is 23.5 Å². The summed E-state index contributed by atoms with van der Waals surface area (Å²) in [6.07, 6.45) is 4.44. The summed E-state index contributed by atoms with van der Waals surface area (Å²) in [5, 5.41) is 0. The summed E-state index contributed by atoms with van der Waals surface area (Å²) in [4.78, 5) is 12.3. The number of hydrogen-bond donors (Lipinski definition) is 1. The third-order valence-electron chi connectivity index (χ3n) is 3.72. The summed E-state index contributed by atoms with van der Waals surface area (Å²) < 4.78 is 10.7. The van der Waals surface area contributed by atoms with Crippen molar-refractivity contribution in [2.45, 2.75) is 13.3 Å². The smallest absolute Gasteiger partial charge is 0.161 e. The van der Waals surface area contributed by atoms with Gasteiger partial charge in [0.05, 0.1) is 25.6 Å². The van der Waals surface area contributed by atoms with E-state index in [9.17, 15) is 0 Å². The van der Waals surface area contributed by atoms with Crippen LogP contribution in [0.4, 0.5) is 0 Å². The van der Waals surface area contributed by atoms with Crippen LogP contribution in [-0.4, -0.2) is 29.2 Å². The molecule has 0 fully saturated rings. The van der Waals surface area contributed by atoms with E-state index in [0.717, 1.165) is 34.8 Å². The first-order chi connectivity index (χ1) is 11.3. The minimum Gasteiger partial charge on any atom is -0.493 e. The number of aromatic nitrogens is 3. The van der Waals surface area contributed by atoms with E-state index in [0.29, 0.717) is 11.5 Å². The number of aryl methyl sites for hydroxylation is 1. The summed E-state index contributed by atoms with van der Waals surface area (Å²) in [5.41, 5.74) is 4.00. The van der Waals surface area contributed by atoms with E-state index in [-0.39, 0.29) is 12.4 Å². The van der Waals surface area contributed by atoms with Gasteiger partial charge in [-0.15, -0.1) is 12.4 Å². The molecule has 0 aliphatic rings. The van der Waals surface area contributed by atoms with Crippen LogP contribution in [0.25, 0.3) is 22.6 Å². The second-order valence-corrected chi connectivity index (χ2v) is 5.07. The lowest BCUT2D eigenvalue weighted by Crippen LogP contribution is -1.91. The van der Waals surface area contributed by atoms with Crippen molar-refractivity contribution in [1.82, 2.24) is 15.0 Å². The van der Waals surface area contributed by atoms with Crippen molar-refractivity contribution in [2.24, 2.45) is 0 Å². The molecule has 2 heterocycles. The molecule has 0 aliphatic carbocycles. The lowest BCUT2D eigenvalue weighted by atomic mass is 10.1. The average Bonchev–Trinajstić information content (AvgIpc) is 3.06. The molecule has 0 spiro atoms. The van der Waals surface area contributed by atoms with Crippen molar-refractivity contribution in [2.75, 3.05) is 14.2 Å². The van der Waals surface area contributed by atoms with Crippen LogP contribution in [0.15, 0.2) is 42.7 Å². The zero-order valence-corrected chi connectivity index (χ0v) is 14.7. The number of pyridine rings is 1. The Morgan fingerprint density at radius 1 is 1.04 bits per heavy atom. The second-order valence-electron chi connectivity index (χ2n) is 5.07. The Labute approximate surface area is 147 Å². The average molecular weight is 346 g/mol. The third kappa shape index (κ3) is 3.36. The first kappa shape index (κ1) is 17.8. The van der Waals surface area contributed by atoms with Crippen molar-refractivity contribution in [1.29, 1.82) is 0 Å². The molecule has 126 valence electrons. The molecule has 0 radical (unpaired) electrons. The SMILES string of the molecule is CCc1nc(-c2ccc(OC)c(OC)c2)[nH]c1-c1cccnc1.Cl. The van der Waals surface area contributed by atoms with E-state index < -0.39 is 0 Å². The molecule has 6 heteroatoms. The number of halogens is 1. The molecule has 3 aromatic rings. The molecule has 24 heavy (non-hydrogen) atoms. The van der Waals surface area contributed by atoms with E-state index in [1.165, 1.54) is 0 Å². The van der Waals surface area contributed by atoms with Crippen LogP contribution in [0, 0.1) is 0 Å². The normalized spacial score (nSPS) is 10.1. The number of H-pyrrole nitrogens is 1. The van der Waals surface area contributed by atoms with Crippen LogP contribution in [0.5, 0.6) is 11.5 Å². The van der Waals surface area contributed by atoms with Gasteiger partial charge in [-0.1, -0.05) is 6.92 Å². The minimum absolute atomic E-state index is 0. The fourth-order valence-electron chi connectivity index (χ4n) is 2.53. The summed E-state index contributed by atoms with van der Waals surface area (Å²) >= 11 is 0. The highest BCUT2D eigenvalue weighted by molar-refractivity contribution is 5.85. The van der Waals surface area contributed by atoms with Crippen molar-refractivity contribution in [3.8, 4) is 34.1 Å². The number of nitrogens with zero attached hydrogens (tertiary/aromatic N) is 2. The van der Waals surface area contributed by atoms with Gasteiger partial charge < -0.3 is 14.5 Å². The van der Waals surface area contributed by atoms with E-state index >= 15 is 0 Å². The van der Waals surface area contributed by atoms with Crippen LogP contribution in [0.2, 0.25) is 0 Å². The molecule has 0 unspecified atom stereocenters. The van der Waals surface area contributed by atoms with E-state index in [4.69, 9.17) is 14.5 Å². The zero-order chi connectivity index (χ0) is 16.2. The Hall–Kier alpha value is -2.53. The Morgan fingerprint density at radius 3 is 2.46 bits per heavy atom. The van der Waals surface area contributed by atoms with Gasteiger partial charge in [-0.25, -0.2) is 4.98 Å². The molecular formula is C18H20ClN3O2. The van der Waals surface area contributed by atoms with Crippen LogP contribution >= 0.6 is 12.4 Å². The number of benzene rings is 1. The van der Waals surface area contributed by atoms with Gasteiger partial charge >= 0.3 is 0 Å². The maximum atomic E-state index is 5.37. The van der Waals surface area contributed by atoms with Crippen LogP contribution in [-0.2, 0) is 6.42 Å². The molecule has 2 aromatic heterocycles. The lowest BCUT2D eigenvalue weighted by Gasteiger charge is -2.08. The topological polar surface area (TPSA) is 60.0 Å². The largest absolute Gasteiger partial charge is 0.493 e. The van der Waals surface area contributed by atoms with Crippen LogP contribution < -0.4 is 9.47 Å². The predicted octanol–water partition coefficient (Wildman–Crippen LogP) is 4.14. The monoisotopic (exact) mass is 345 g/mol. The second kappa shape index (κ2) is 7.84. The quantitative estimate of drug-likeness (QED) is 0.755. The van der Waals surface area contributed by atoms with E-state index in [1.54, 1.807) is 20.4 Å². The highest BCUT2D eigenvalue weighted by Gasteiger charge is 2.14.